The number of pyridine rings is 1. The smallest absolute Gasteiger partial charge is 0.270 e. The van der Waals surface area contributed by atoms with Gasteiger partial charge in [-0.2, -0.15) is 0 Å². The quantitative estimate of drug-likeness (QED) is 0.859. The number of nitrogens with zero attached hydrogens (tertiary/aromatic N) is 1. The molecule has 1 amide bonds. The summed E-state index contributed by atoms with van der Waals surface area (Å²) in [5.74, 6) is 0.0836. The van der Waals surface area contributed by atoms with E-state index >= 15 is 0 Å². The zero-order valence-corrected chi connectivity index (χ0v) is 11.9. The second-order valence-corrected chi connectivity index (χ2v) is 4.65. The van der Waals surface area contributed by atoms with E-state index in [1.165, 1.54) is 12.1 Å². The summed E-state index contributed by atoms with van der Waals surface area (Å²) in [6.45, 7) is 3.13. The highest BCUT2D eigenvalue weighted by Crippen LogP contribution is 2.06. The number of rotatable bonds is 6. The molecule has 0 aliphatic heterocycles. The largest absolute Gasteiger partial charge is 0.370 e. The molecule has 1 heterocycles. The van der Waals surface area contributed by atoms with Crippen molar-refractivity contribution in [3.05, 3.63) is 59.5 Å². The van der Waals surface area contributed by atoms with E-state index in [1.54, 1.807) is 24.3 Å². The second kappa shape index (κ2) is 7.38. The van der Waals surface area contributed by atoms with Crippen LogP contribution in [0.3, 0.4) is 0 Å². The molecule has 0 aliphatic carbocycles. The molecule has 21 heavy (non-hydrogen) atoms. The Morgan fingerprint density at radius 2 is 2.05 bits per heavy atom. The Morgan fingerprint density at radius 1 is 1.24 bits per heavy atom. The van der Waals surface area contributed by atoms with Crippen molar-refractivity contribution < 1.29 is 9.18 Å². The lowest BCUT2D eigenvalue weighted by molar-refractivity contribution is 0.0946. The Bertz CT molecular complexity index is 616. The van der Waals surface area contributed by atoms with Crippen LogP contribution in [0.25, 0.3) is 0 Å². The van der Waals surface area contributed by atoms with Crippen LogP contribution in [0.15, 0.2) is 42.5 Å². The van der Waals surface area contributed by atoms with E-state index in [9.17, 15) is 9.18 Å². The number of carbonyl (C=O) groups is 1. The molecule has 0 fully saturated rings. The molecule has 0 atom stereocenters. The normalized spacial score (nSPS) is 10.2. The Kier molecular flexibility index (Phi) is 5.26. The molecular formula is C16H18FN3O. The highest BCUT2D eigenvalue weighted by Gasteiger charge is 2.07. The maximum atomic E-state index is 13.1. The van der Waals surface area contributed by atoms with Crippen LogP contribution in [0.4, 0.5) is 10.2 Å². The molecule has 110 valence electrons. The van der Waals surface area contributed by atoms with Gasteiger partial charge in [0.15, 0.2) is 0 Å². The summed E-state index contributed by atoms with van der Waals surface area (Å²) in [6, 6.07) is 11.4. The Balaban J connectivity index is 1.96. The van der Waals surface area contributed by atoms with Gasteiger partial charge in [0.1, 0.15) is 17.3 Å². The number of benzene rings is 1. The lowest BCUT2D eigenvalue weighted by Gasteiger charge is -2.07. The lowest BCUT2D eigenvalue weighted by Crippen LogP contribution is -2.24. The van der Waals surface area contributed by atoms with Crippen LogP contribution < -0.4 is 10.6 Å². The van der Waals surface area contributed by atoms with E-state index in [0.29, 0.717) is 17.1 Å². The summed E-state index contributed by atoms with van der Waals surface area (Å²) in [7, 11) is 0. The van der Waals surface area contributed by atoms with Gasteiger partial charge in [0.2, 0.25) is 0 Å². The van der Waals surface area contributed by atoms with E-state index in [2.05, 4.69) is 22.5 Å². The van der Waals surface area contributed by atoms with Crippen molar-refractivity contribution >= 4 is 11.7 Å². The van der Waals surface area contributed by atoms with Gasteiger partial charge in [0.05, 0.1) is 0 Å². The minimum absolute atomic E-state index is 0.269. The van der Waals surface area contributed by atoms with Crippen LogP contribution in [-0.2, 0) is 6.54 Å². The molecule has 0 saturated carbocycles. The van der Waals surface area contributed by atoms with Crippen LogP contribution in [0.5, 0.6) is 0 Å². The monoisotopic (exact) mass is 287 g/mol. The van der Waals surface area contributed by atoms with Crippen molar-refractivity contribution in [3.8, 4) is 0 Å². The standard InChI is InChI=1S/C16H18FN3O/c1-2-9-18-15-8-4-7-14(20-15)16(21)19-11-12-5-3-6-13(17)10-12/h3-8,10H,2,9,11H2,1H3,(H,18,20)(H,19,21). The van der Waals surface area contributed by atoms with Crippen LogP contribution in [-0.4, -0.2) is 17.4 Å². The third-order valence-electron chi connectivity index (χ3n) is 2.88. The van der Waals surface area contributed by atoms with E-state index in [4.69, 9.17) is 0 Å². The molecule has 5 heteroatoms. The molecule has 0 radical (unpaired) electrons. The molecule has 1 aromatic carbocycles. The van der Waals surface area contributed by atoms with Gasteiger partial charge in [-0.25, -0.2) is 9.37 Å². The second-order valence-electron chi connectivity index (χ2n) is 4.65. The third kappa shape index (κ3) is 4.56. The fraction of sp³-hybridized carbons (Fsp3) is 0.250. The van der Waals surface area contributed by atoms with Gasteiger partial charge >= 0.3 is 0 Å². The molecule has 0 spiro atoms. The average Bonchev–Trinajstić information content (AvgIpc) is 2.51. The lowest BCUT2D eigenvalue weighted by atomic mass is 10.2. The van der Waals surface area contributed by atoms with Gasteiger partial charge in [0.25, 0.3) is 5.91 Å². The Morgan fingerprint density at radius 3 is 2.81 bits per heavy atom. The predicted octanol–water partition coefficient (Wildman–Crippen LogP) is 2.97. The minimum atomic E-state index is -0.314. The maximum Gasteiger partial charge on any atom is 0.270 e. The number of hydrogen-bond acceptors (Lipinski definition) is 3. The third-order valence-corrected chi connectivity index (χ3v) is 2.88. The first kappa shape index (κ1) is 15.0. The highest BCUT2D eigenvalue weighted by molar-refractivity contribution is 5.92. The first-order valence-corrected chi connectivity index (χ1v) is 6.92. The number of aromatic nitrogens is 1. The van der Waals surface area contributed by atoms with Gasteiger partial charge in [0, 0.05) is 13.1 Å². The molecule has 0 unspecified atom stereocenters. The van der Waals surface area contributed by atoms with Crippen molar-refractivity contribution in [2.75, 3.05) is 11.9 Å². The molecule has 2 aromatic rings. The first-order valence-electron chi connectivity index (χ1n) is 6.92. The number of amides is 1. The number of nitrogens with one attached hydrogen (secondary N) is 2. The van der Waals surface area contributed by atoms with Crippen molar-refractivity contribution in [1.82, 2.24) is 10.3 Å². The molecule has 4 nitrogen and oxygen atoms in total. The fourth-order valence-electron chi connectivity index (χ4n) is 1.83. The summed E-state index contributed by atoms with van der Waals surface area (Å²) in [5, 5.41) is 5.86. The summed E-state index contributed by atoms with van der Waals surface area (Å²) in [4.78, 5) is 16.3. The number of anilines is 1. The SMILES string of the molecule is CCCNc1cccc(C(=O)NCc2cccc(F)c2)n1. The molecular weight excluding hydrogens is 269 g/mol. The van der Waals surface area contributed by atoms with Gasteiger partial charge in [-0.3, -0.25) is 4.79 Å². The number of carbonyl (C=O) groups excluding carboxylic acids is 1. The van der Waals surface area contributed by atoms with Crippen LogP contribution in [0.2, 0.25) is 0 Å². The number of hydrogen-bond donors (Lipinski definition) is 2. The molecule has 1 aromatic heterocycles. The summed E-state index contributed by atoms with van der Waals surface area (Å²) >= 11 is 0. The Hall–Kier alpha value is -2.43. The highest BCUT2D eigenvalue weighted by atomic mass is 19.1. The van der Waals surface area contributed by atoms with E-state index < -0.39 is 0 Å². The Labute approximate surface area is 123 Å². The van der Waals surface area contributed by atoms with Gasteiger partial charge in [-0.1, -0.05) is 25.1 Å². The maximum absolute atomic E-state index is 13.1. The average molecular weight is 287 g/mol. The molecule has 0 saturated heterocycles. The van der Waals surface area contributed by atoms with Crippen LogP contribution >= 0.6 is 0 Å². The zero-order valence-electron chi connectivity index (χ0n) is 11.9. The summed E-state index contributed by atoms with van der Waals surface area (Å²) in [5.41, 5.74) is 1.05. The van der Waals surface area contributed by atoms with Gasteiger partial charge in [-0.15, -0.1) is 0 Å². The fourth-order valence-corrected chi connectivity index (χ4v) is 1.83. The minimum Gasteiger partial charge on any atom is -0.370 e. The van der Waals surface area contributed by atoms with Crippen molar-refractivity contribution in [1.29, 1.82) is 0 Å². The van der Waals surface area contributed by atoms with Crippen molar-refractivity contribution in [3.63, 3.8) is 0 Å². The van der Waals surface area contributed by atoms with Crippen LogP contribution in [0, 0.1) is 5.82 Å². The predicted molar refractivity (Wildman–Crippen MR) is 80.6 cm³/mol. The summed E-state index contributed by atoms with van der Waals surface area (Å²) in [6.07, 6.45) is 0.984. The molecule has 0 aliphatic rings. The van der Waals surface area contributed by atoms with Gasteiger partial charge < -0.3 is 10.6 Å². The summed E-state index contributed by atoms with van der Waals surface area (Å²) < 4.78 is 13.1. The van der Waals surface area contributed by atoms with Crippen LogP contribution in [0.1, 0.15) is 29.4 Å². The van der Waals surface area contributed by atoms with E-state index in [1.807, 2.05) is 6.07 Å². The van der Waals surface area contributed by atoms with Crippen molar-refractivity contribution in [2.24, 2.45) is 0 Å². The number of halogens is 1. The topological polar surface area (TPSA) is 54.0 Å². The molecule has 2 rings (SSSR count). The van der Waals surface area contributed by atoms with Gasteiger partial charge in [-0.05, 0) is 36.2 Å². The zero-order chi connectivity index (χ0) is 15.1. The first-order chi connectivity index (χ1) is 10.2. The van der Waals surface area contributed by atoms with E-state index in [-0.39, 0.29) is 18.3 Å². The van der Waals surface area contributed by atoms with E-state index in [0.717, 1.165) is 13.0 Å². The van der Waals surface area contributed by atoms with Crippen molar-refractivity contribution in [2.45, 2.75) is 19.9 Å². The molecule has 2 N–H and O–H groups in total. The molecule has 0 bridgehead atoms.